The highest BCUT2D eigenvalue weighted by atomic mass is 31.2. The molecule has 0 rings (SSSR count). The van der Waals surface area contributed by atoms with Gasteiger partial charge in [0.25, 0.3) is 0 Å². The third kappa shape index (κ3) is 58.4. The zero-order valence-electron chi connectivity index (χ0n) is 55.9. The van der Waals surface area contributed by atoms with Gasteiger partial charge in [0, 0.05) is 25.7 Å². The average molecular weight is 1270 g/mol. The summed E-state index contributed by atoms with van der Waals surface area (Å²) in [5, 5.41) is 10.6. The second-order valence-electron chi connectivity index (χ2n) is 25.6. The smallest absolute Gasteiger partial charge is 0.462 e. The lowest BCUT2D eigenvalue weighted by Crippen LogP contribution is -2.30. The van der Waals surface area contributed by atoms with Gasteiger partial charge in [-0.2, -0.15) is 0 Å². The summed E-state index contributed by atoms with van der Waals surface area (Å²) >= 11 is 0. The number of carbonyl (C=O) groups excluding carboxylic acids is 4. The van der Waals surface area contributed by atoms with Crippen LogP contribution in [-0.2, 0) is 65.4 Å². The van der Waals surface area contributed by atoms with Gasteiger partial charge in [0.1, 0.15) is 19.3 Å². The molecule has 0 aliphatic rings. The minimum atomic E-state index is -4.95. The topological polar surface area (TPSA) is 237 Å². The second-order valence-corrected chi connectivity index (χ2v) is 28.6. The van der Waals surface area contributed by atoms with E-state index in [1.165, 1.54) is 128 Å². The van der Waals surface area contributed by atoms with Crippen LogP contribution in [0.15, 0.2) is 0 Å². The summed E-state index contributed by atoms with van der Waals surface area (Å²) in [5.74, 6) is 0.836. The molecule has 0 aromatic heterocycles. The highest BCUT2D eigenvalue weighted by molar-refractivity contribution is 7.47. The summed E-state index contributed by atoms with van der Waals surface area (Å²) in [4.78, 5) is 72.4. The average Bonchev–Trinajstić information content (AvgIpc) is 3.69. The number of esters is 4. The van der Waals surface area contributed by atoms with Gasteiger partial charge < -0.3 is 33.8 Å². The molecule has 0 aromatic carbocycles. The van der Waals surface area contributed by atoms with Crippen LogP contribution in [0.3, 0.4) is 0 Å². The molecule has 86 heavy (non-hydrogen) atoms. The van der Waals surface area contributed by atoms with E-state index in [0.29, 0.717) is 25.7 Å². The molecule has 19 heteroatoms. The zero-order valence-corrected chi connectivity index (χ0v) is 57.7. The molecule has 7 atom stereocenters. The number of aliphatic hydroxyl groups is 1. The summed E-state index contributed by atoms with van der Waals surface area (Å²) in [6, 6.07) is 0. The maximum Gasteiger partial charge on any atom is 0.472 e. The van der Waals surface area contributed by atoms with Crippen molar-refractivity contribution in [1.82, 2.24) is 0 Å². The molecule has 0 aliphatic carbocycles. The lowest BCUT2D eigenvalue weighted by molar-refractivity contribution is -0.161. The number of phosphoric acid groups is 2. The van der Waals surface area contributed by atoms with Crippen LogP contribution < -0.4 is 0 Å². The van der Waals surface area contributed by atoms with Crippen molar-refractivity contribution in [3.05, 3.63) is 0 Å². The lowest BCUT2D eigenvalue weighted by Gasteiger charge is -2.21. The van der Waals surface area contributed by atoms with Crippen molar-refractivity contribution in [2.45, 2.75) is 343 Å². The summed E-state index contributed by atoms with van der Waals surface area (Å²) in [7, 11) is -9.90. The van der Waals surface area contributed by atoms with E-state index in [9.17, 15) is 43.2 Å². The SMILES string of the molecule is CCC(C)CCCCCCCCCCCCC(=O)OC[C@H](COP(=O)(O)OCC(O)COP(=O)(O)OC[C@@H](COC(=O)CCCCCCCCCCC(C)C)OC(=O)CCCCCCCCCCC(C)C)OC(=O)CCCCCCCCC(C)CC. The number of ether oxygens (including phenoxy) is 4. The molecule has 0 spiro atoms. The van der Waals surface area contributed by atoms with Crippen molar-refractivity contribution >= 4 is 39.5 Å². The normalized spacial score (nSPS) is 15.0. The summed E-state index contributed by atoms with van der Waals surface area (Å²) in [6.45, 7) is 14.0. The van der Waals surface area contributed by atoms with Crippen LogP contribution in [-0.4, -0.2) is 96.7 Å². The zero-order chi connectivity index (χ0) is 63.9. The van der Waals surface area contributed by atoms with E-state index in [-0.39, 0.29) is 25.7 Å². The minimum Gasteiger partial charge on any atom is -0.462 e. The fraction of sp³-hybridized carbons (Fsp3) is 0.940. The first kappa shape index (κ1) is 84.1. The van der Waals surface area contributed by atoms with Crippen LogP contribution in [0.2, 0.25) is 0 Å². The fourth-order valence-corrected chi connectivity index (χ4v) is 11.5. The quantitative estimate of drug-likeness (QED) is 0.0222. The molecule has 0 fully saturated rings. The second kappa shape index (κ2) is 57.0. The molecule has 0 saturated carbocycles. The first-order chi connectivity index (χ1) is 41.2. The molecule has 0 radical (unpaired) electrons. The van der Waals surface area contributed by atoms with Crippen molar-refractivity contribution in [2.24, 2.45) is 23.7 Å². The van der Waals surface area contributed by atoms with Gasteiger partial charge in [-0.15, -0.1) is 0 Å². The van der Waals surface area contributed by atoms with Crippen molar-refractivity contribution in [3.8, 4) is 0 Å². The van der Waals surface area contributed by atoms with Gasteiger partial charge in [-0.3, -0.25) is 37.3 Å². The van der Waals surface area contributed by atoms with Crippen molar-refractivity contribution in [2.75, 3.05) is 39.6 Å². The summed E-state index contributed by atoms with van der Waals surface area (Å²) < 4.78 is 68.1. The lowest BCUT2D eigenvalue weighted by atomic mass is 9.99. The van der Waals surface area contributed by atoms with Gasteiger partial charge in [0.2, 0.25) is 0 Å². The van der Waals surface area contributed by atoms with E-state index in [2.05, 4.69) is 55.4 Å². The van der Waals surface area contributed by atoms with Gasteiger partial charge in [0.05, 0.1) is 26.4 Å². The molecule has 0 heterocycles. The molecule has 0 aromatic rings. The Kier molecular flexibility index (Phi) is 55.7. The number of aliphatic hydroxyl groups excluding tert-OH is 1. The third-order valence-corrected chi connectivity index (χ3v) is 17.9. The van der Waals surface area contributed by atoms with E-state index in [4.69, 9.17) is 37.0 Å². The predicted octanol–water partition coefficient (Wildman–Crippen LogP) is 18.5. The summed E-state index contributed by atoms with van der Waals surface area (Å²) in [5.41, 5.74) is 0. The molecule has 0 saturated heterocycles. The molecule has 3 N–H and O–H groups in total. The highest BCUT2D eigenvalue weighted by Gasteiger charge is 2.30. The third-order valence-electron chi connectivity index (χ3n) is 16.0. The molecule has 17 nitrogen and oxygen atoms in total. The Hall–Kier alpha value is -1.94. The van der Waals surface area contributed by atoms with E-state index < -0.39 is 97.5 Å². The van der Waals surface area contributed by atoms with Gasteiger partial charge >= 0.3 is 39.5 Å². The standard InChI is InChI=1S/C67H130O17P2/c1-9-59(7)45-37-29-21-13-11-12-14-22-31-39-47-64(69)77-54-63(84-67(72)50-42-34-26-25-30-38-46-60(8)10-2)56-82-86(75,76)80-52-61(68)51-79-85(73,74)81-55-62(83-66(71)49-41-33-24-18-16-20-28-36-44-58(5)6)53-78-65(70)48-40-32-23-17-15-19-27-35-43-57(3)4/h57-63,68H,9-56H2,1-8H3,(H,73,74)(H,75,76)/t59?,60?,61?,62-,63-/m1/s1. The van der Waals surface area contributed by atoms with Crippen LogP contribution in [0.5, 0.6) is 0 Å². The molecule has 0 bridgehead atoms. The summed E-state index contributed by atoms with van der Waals surface area (Å²) in [6.07, 6.45) is 37.6. The number of unbranched alkanes of at least 4 members (excludes halogenated alkanes) is 28. The van der Waals surface area contributed by atoms with E-state index in [1.54, 1.807) is 0 Å². The molecule has 0 aliphatic heterocycles. The van der Waals surface area contributed by atoms with Crippen molar-refractivity contribution in [3.63, 3.8) is 0 Å². The molecule has 5 unspecified atom stereocenters. The predicted molar refractivity (Wildman–Crippen MR) is 344 cm³/mol. The highest BCUT2D eigenvalue weighted by Crippen LogP contribution is 2.45. The number of hydrogen-bond donors (Lipinski definition) is 3. The van der Waals surface area contributed by atoms with Crippen LogP contribution in [0, 0.1) is 23.7 Å². The number of hydrogen-bond acceptors (Lipinski definition) is 15. The first-order valence-electron chi connectivity index (χ1n) is 34.8. The van der Waals surface area contributed by atoms with Crippen LogP contribution >= 0.6 is 15.6 Å². The maximum absolute atomic E-state index is 13.0. The van der Waals surface area contributed by atoms with Crippen LogP contribution in [0.1, 0.15) is 325 Å². The van der Waals surface area contributed by atoms with Crippen LogP contribution in [0.4, 0.5) is 0 Å². The van der Waals surface area contributed by atoms with Crippen LogP contribution in [0.25, 0.3) is 0 Å². The first-order valence-corrected chi connectivity index (χ1v) is 37.8. The van der Waals surface area contributed by atoms with Gasteiger partial charge in [0.15, 0.2) is 12.2 Å². The van der Waals surface area contributed by atoms with Gasteiger partial charge in [-0.05, 0) is 49.4 Å². The minimum absolute atomic E-state index is 0.102. The van der Waals surface area contributed by atoms with Gasteiger partial charge in [-0.1, -0.05) is 274 Å². The van der Waals surface area contributed by atoms with E-state index in [1.807, 2.05) is 0 Å². The van der Waals surface area contributed by atoms with Crippen molar-refractivity contribution < 1.29 is 80.2 Å². The molecule has 510 valence electrons. The van der Waals surface area contributed by atoms with Crippen molar-refractivity contribution in [1.29, 1.82) is 0 Å². The number of rotatable bonds is 64. The Morgan fingerprint density at radius 2 is 0.558 bits per heavy atom. The number of phosphoric ester groups is 2. The van der Waals surface area contributed by atoms with Gasteiger partial charge in [-0.25, -0.2) is 9.13 Å². The Morgan fingerprint density at radius 1 is 0.326 bits per heavy atom. The Labute approximate surface area is 524 Å². The molecular weight excluding hydrogens is 1140 g/mol. The number of carbonyl (C=O) groups is 4. The molecular formula is C67H130O17P2. The Morgan fingerprint density at radius 3 is 0.826 bits per heavy atom. The fourth-order valence-electron chi connectivity index (χ4n) is 9.89. The Bertz CT molecular complexity index is 1720. The van der Waals surface area contributed by atoms with E-state index >= 15 is 0 Å². The molecule has 0 amide bonds. The van der Waals surface area contributed by atoms with E-state index in [0.717, 1.165) is 114 Å². The largest absolute Gasteiger partial charge is 0.472 e. The monoisotopic (exact) mass is 1270 g/mol. The maximum atomic E-state index is 13.0. The Balaban J connectivity index is 5.25.